The van der Waals surface area contributed by atoms with Crippen LogP contribution < -0.4 is 10.9 Å². The van der Waals surface area contributed by atoms with E-state index in [0.29, 0.717) is 5.69 Å². The molecule has 0 aliphatic rings. The number of thiophene rings is 1. The molecule has 1 aromatic carbocycles. The summed E-state index contributed by atoms with van der Waals surface area (Å²) in [6, 6.07) is 14.7. The summed E-state index contributed by atoms with van der Waals surface area (Å²) >= 11 is 4.99. The van der Waals surface area contributed by atoms with E-state index in [4.69, 9.17) is 0 Å². The van der Waals surface area contributed by atoms with E-state index < -0.39 is 0 Å². The number of aromatic nitrogens is 2. The van der Waals surface area contributed by atoms with Crippen molar-refractivity contribution in [1.82, 2.24) is 15.1 Å². The van der Waals surface area contributed by atoms with Gasteiger partial charge in [-0.3, -0.25) is 9.59 Å². The molecule has 1 amide bonds. The van der Waals surface area contributed by atoms with Crippen molar-refractivity contribution in [1.29, 1.82) is 0 Å². The van der Waals surface area contributed by atoms with Crippen molar-refractivity contribution in [3.8, 4) is 10.6 Å². The summed E-state index contributed by atoms with van der Waals surface area (Å²) in [5.74, 6) is -0.255. The molecular weight excluding hydrogens is 414 g/mol. The lowest BCUT2D eigenvalue weighted by molar-refractivity contribution is -0.122. The lowest BCUT2D eigenvalue weighted by atomic mass is 10.1. The van der Waals surface area contributed by atoms with Gasteiger partial charge in [-0.15, -0.1) is 11.3 Å². The molecule has 3 rings (SSSR count). The predicted molar refractivity (Wildman–Crippen MR) is 107 cm³/mol. The highest BCUT2D eigenvalue weighted by atomic mass is 79.9. The number of halogens is 1. The van der Waals surface area contributed by atoms with Crippen LogP contribution in [0.25, 0.3) is 10.6 Å². The number of nitrogens with one attached hydrogen (secondary N) is 1. The number of amides is 1. The second kappa shape index (κ2) is 7.97. The molecule has 1 atom stereocenters. The SMILES string of the molecule is Cc1ccc(-c2ccc(=O)n(CC(=O)NC(C)c3ccc(Br)cc3)n2)s1. The molecule has 0 radical (unpaired) electrons. The van der Waals surface area contributed by atoms with Crippen LogP contribution in [0.5, 0.6) is 0 Å². The van der Waals surface area contributed by atoms with Gasteiger partial charge in [-0.25, -0.2) is 4.68 Å². The number of hydrogen-bond donors (Lipinski definition) is 1. The maximum absolute atomic E-state index is 12.3. The Bertz CT molecular complexity index is 979. The molecule has 0 aliphatic carbocycles. The molecule has 0 spiro atoms. The third kappa shape index (κ3) is 4.47. The van der Waals surface area contributed by atoms with E-state index in [1.54, 1.807) is 17.4 Å². The van der Waals surface area contributed by atoms with Gasteiger partial charge in [0.05, 0.1) is 10.9 Å². The Hall–Kier alpha value is -2.25. The van der Waals surface area contributed by atoms with Gasteiger partial charge in [0.1, 0.15) is 12.2 Å². The minimum Gasteiger partial charge on any atom is -0.348 e. The normalized spacial score (nSPS) is 12.0. The Kier molecular flexibility index (Phi) is 5.68. The number of aryl methyl sites for hydroxylation is 1. The molecule has 0 saturated heterocycles. The van der Waals surface area contributed by atoms with Crippen molar-refractivity contribution in [2.75, 3.05) is 0 Å². The average Bonchev–Trinajstić information content (AvgIpc) is 3.03. The van der Waals surface area contributed by atoms with E-state index in [1.807, 2.05) is 50.2 Å². The molecule has 2 heterocycles. The van der Waals surface area contributed by atoms with Crippen LogP contribution in [0, 0.1) is 6.92 Å². The predicted octanol–water partition coefficient (Wildman–Crippen LogP) is 3.92. The van der Waals surface area contributed by atoms with Gasteiger partial charge in [-0.2, -0.15) is 5.10 Å². The molecule has 26 heavy (non-hydrogen) atoms. The number of rotatable bonds is 5. The van der Waals surface area contributed by atoms with Crippen molar-refractivity contribution < 1.29 is 4.79 Å². The van der Waals surface area contributed by atoms with Crippen LogP contribution in [-0.4, -0.2) is 15.7 Å². The minimum absolute atomic E-state index is 0.113. The molecular formula is C19H18BrN3O2S. The van der Waals surface area contributed by atoms with E-state index in [9.17, 15) is 9.59 Å². The third-order valence-electron chi connectivity index (χ3n) is 3.90. The summed E-state index contributed by atoms with van der Waals surface area (Å²) in [6.45, 7) is 3.81. The molecule has 0 bridgehead atoms. The van der Waals surface area contributed by atoms with Gasteiger partial charge < -0.3 is 5.32 Å². The summed E-state index contributed by atoms with van der Waals surface area (Å²) in [4.78, 5) is 26.5. The zero-order valence-electron chi connectivity index (χ0n) is 14.4. The highest BCUT2D eigenvalue weighted by molar-refractivity contribution is 9.10. The lowest BCUT2D eigenvalue weighted by Crippen LogP contribution is -2.34. The van der Waals surface area contributed by atoms with Crippen LogP contribution in [0.3, 0.4) is 0 Å². The molecule has 0 fully saturated rings. The van der Waals surface area contributed by atoms with Crippen molar-refractivity contribution in [2.45, 2.75) is 26.4 Å². The van der Waals surface area contributed by atoms with Crippen molar-refractivity contribution in [3.05, 3.63) is 73.8 Å². The van der Waals surface area contributed by atoms with Crippen LogP contribution in [0.15, 0.2) is 57.8 Å². The summed E-state index contributed by atoms with van der Waals surface area (Å²) in [5, 5.41) is 7.24. The second-order valence-electron chi connectivity index (χ2n) is 5.97. The lowest BCUT2D eigenvalue weighted by Gasteiger charge is -2.15. The highest BCUT2D eigenvalue weighted by Crippen LogP contribution is 2.25. The van der Waals surface area contributed by atoms with Crippen molar-refractivity contribution in [3.63, 3.8) is 0 Å². The summed E-state index contributed by atoms with van der Waals surface area (Å²) in [7, 11) is 0. The van der Waals surface area contributed by atoms with Crippen LogP contribution in [0.2, 0.25) is 0 Å². The highest BCUT2D eigenvalue weighted by Gasteiger charge is 2.12. The zero-order valence-corrected chi connectivity index (χ0v) is 16.8. The molecule has 7 heteroatoms. The van der Waals surface area contributed by atoms with Gasteiger partial charge in [-0.1, -0.05) is 28.1 Å². The standard InChI is InChI=1S/C19H18BrN3O2S/c1-12-3-9-17(26-12)16-8-10-19(25)23(22-16)11-18(24)21-13(2)14-4-6-15(20)7-5-14/h3-10,13H,11H2,1-2H3,(H,21,24). The molecule has 0 aliphatic heterocycles. The summed E-state index contributed by atoms with van der Waals surface area (Å²) in [6.07, 6.45) is 0. The monoisotopic (exact) mass is 431 g/mol. The molecule has 1 unspecified atom stereocenters. The van der Waals surface area contributed by atoms with Gasteiger partial charge in [0.15, 0.2) is 0 Å². The van der Waals surface area contributed by atoms with Gasteiger partial charge in [0.25, 0.3) is 5.56 Å². The number of nitrogens with zero attached hydrogens (tertiary/aromatic N) is 2. The Morgan fingerprint density at radius 3 is 2.58 bits per heavy atom. The smallest absolute Gasteiger partial charge is 0.267 e. The first-order valence-corrected chi connectivity index (χ1v) is 9.73. The number of carbonyl (C=O) groups excluding carboxylic acids is 1. The first-order chi connectivity index (χ1) is 12.4. The first-order valence-electron chi connectivity index (χ1n) is 8.12. The van der Waals surface area contributed by atoms with Crippen LogP contribution in [0.4, 0.5) is 0 Å². The topological polar surface area (TPSA) is 64.0 Å². The molecule has 2 aromatic heterocycles. The van der Waals surface area contributed by atoms with Crippen molar-refractivity contribution >= 4 is 33.2 Å². The van der Waals surface area contributed by atoms with Crippen LogP contribution in [-0.2, 0) is 11.3 Å². The van der Waals surface area contributed by atoms with Crippen LogP contribution in [0.1, 0.15) is 23.4 Å². The van der Waals surface area contributed by atoms with E-state index in [1.165, 1.54) is 15.6 Å². The van der Waals surface area contributed by atoms with E-state index in [2.05, 4.69) is 26.3 Å². The maximum atomic E-state index is 12.3. The van der Waals surface area contributed by atoms with E-state index in [0.717, 1.165) is 14.9 Å². The van der Waals surface area contributed by atoms with Gasteiger partial charge >= 0.3 is 0 Å². The Morgan fingerprint density at radius 1 is 1.19 bits per heavy atom. The fourth-order valence-electron chi connectivity index (χ4n) is 2.52. The maximum Gasteiger partial charge on any atom is 0.267 e. The Labute approximate surface area is 163 Å². The number of carbonyl (C=O) groups is 1. The third-order valence-corrected chi connectivity index (χ3v) is 5.45. The number of benzene rings is 1. The Morgan fingerprint density at radius 2 is 1.92 bits per heavy atom. The van der Waals surface area contributed by atoms with E-state index >= 15 is 0 Å². The van der Waals surface area contributed by atoms with E-state index in [-0.39, 0.29) is 24.1 Å². The van der Waals surface area contributed by atoms with Gasteiger partial charge in [0.2, 0.25) is 5.91 Å². The molecule has 134 valence electrons. The quantitative estimate of drug-likeness (QED) is 0.665. The first kappa shape index (κ1) is 18.5. The van der Waals surface area contributed by atoms with Crippen LogP contribution >= 0.6 is 27.3 Å². The largest absolute Gasteiger partial charge is 0.348 e. The average molecular weight is 432 g/mol. The van der Waals surface area contributed by atoms with Crippen molar-refractivity contribution in [2.24, 2.45) is 0 Å². The number of hydrogen-bond acceptors (Lipinski definition) is 4. The fraction of sp³-hybridized carbons (Fsp3) is 0.211. The molecule has 5 nitrogen and oxygen atoms in total. The summed E-state index contributed by atoms with van der Waals surface area (Å²) in [5.41, 5.74) is 1.38. The molecule has 0 saturated carbocycles. The fourth-order valence-corrected chi connectivity index (χ4v) is 3.62. The molecule has 1 N–H and O–H groups in total. The van der Waals surface area contributed by atoms with Gasteiger partial charge in [0, 0.05) is 15.4 Å². The summed E-state index contributed by atoms with van der Waals surface area (Å²) < 4.78 is 2.18. The molecule has 3 aromatic rings. The second-order valence-corrected chi connectivity index (χ2v) is 8.17. The zero-order chi connectivity index (χ0) is 18.7. The minimum atomic E-state index is -0.298. The van der Waals surface area contributed by atoms with Gasteiger partial charge in [-0.05, 0) is 49.7 Å². The Balaban J connectivity index is 1.72.